The molecule has 0 saturated heterocycles. The number of carbonyl (C=O) groups excluding carboxylic acids is 2. The van der Waals surface area contributed by atoms with E-state index in [1.165, 1.54) is 18.1 Å². The van der Waals surface area contributed by atoms with Gasteiger partial charge in [-0.2, -0.15) is 0 Å². The average Bonchev–Trinajstić information content (AvgIpc) is 2.75. The number of hydrogen-bond acceptors (Lipinski definition) is 3. The summed E-state index contributed by atoms with van der Waals surface area (Å²) in [6.45, 7) is 22.8. The number of carbonyl (C=O) groups is 2. The van der Waals surface area contributed by atoms with Crippen molar-refractivity contribution < 1.29 is 14.3 Å². The molecule has 3 nitrogen and oxygen atoms in total. The second-order valence-corrected chi connectivity index (χ2v) is 11.1. The van der Waals surface area contributed by atoms with Gasteiger partial charge in [0, 0.05) is 18.1 Å². The van der Waals surface area contributed by atoms with Crippen LogP contribution in [0.4, 0.5) is 0 Å². The van der Waals surface area contributed by atoms with Gasteiger partial charge in [-0.25, -0.2) is 0 Å². The molecule has 0 aliphatic heterocycles. The van der Waals surface area contributed by atoms with E-state index in [2.05, 4.69) is 87.4 Å². The van der Waals surface area contributed by atoms with Gasteiger partial charge in [-0.15, -0.1) is 0 Å². The molecule has 2 aromatic carbocycles. The molecule has 0 aromatic heterocycles. The average molecular weight is 465 g/mol. The molecule has 0 bridgehead atoms. The minimum atomic E-state index is -0.962. The molecule has 0 saturated carbocycles. The van der Waals surface area contributed by atoms with Crippen LogP contribution in [0, 0.1) is 0 Å². The molecule has 0 amide bonds. The van der Waals surface area contributed by atoms with Gasteiger partial charge in [0.2, 0.25) is 5.78 Å². The summed E-state index contributed by atoms with van der Waals surface area (Å²) in [5, 5.41) is 0. The van der Waals surface area contributed by atoms with Crippen LogP contribution in [0.5, 0.6) is 0 Å². The highest BCUT2D eigenvalue weighted by Crippen LogP contribution is 2.39. The third-order valence-corrected chi connectivity index (χ3v) is 6.59. The summed E-state index contributed by atoms with van der Waals surface area (Å²) < 4.78 is 5.86. The molecule has 2 aromatic rings. The fourth-order valence-electron chi connectivity index (χ4n) is 4.51. The van der Waals surface area contributed by atoms with Crippen LogP contribution in [0.15, 0.2) is 30.3 Å². The molecule has 0 spiro atoms. The fraction of sp³-hybridized carbons (Fsp3) is 0.548. The van der Waals surface area contributed by atoms with Crippen LogP contribution in [0.1, 0.15) is 156 Å². The van der Waals surface area contributed by atoms with Crippen LogP contribution in [0.3, 0.4) is 0 Å². The summed E-state index contributed by atoms with van der Waals surface area (Å²) in [7, 11) is 0. The largest absolute Gasteiger partial charge is 0.449 e. The number of Topliss-reactive ketones (excluding diaryl/α,β-unsaturated/α-hetero) is 1. The lowest BCUT2D eigenvalue weighted by Gasteiger charge is -2.28. The van der Waals surface area contributed by atoms with E-state index < -0.39 is 12.1 Å². The Labute approximate surface area is 207 Å². The second-order valence-electron chi connectivity index (χ2n) is 11.1. The Morgan fingerprint density at radius 2 is 1.06 bits per heavy atom. The van der Waals surface area contributed by atoms with Gasteiger partial charge in [-0.05, 0) is 57.4 Å². The standard InChI is InChI=1S/C31H44O3/c1-17(2)23-12-13-25(26(14-23)19(5)6)30(33)31(34-22(11)32)29-27(20(7)8)15-24(18(3)4)16-28(29)21(9)10/h12-21,31H,1-11H3. The van der Waals surface area contributed by atoms with E-state index in [0.29, 0.717) is 17.4 Å². The Morgan fingerprint density at radius 3 is 1.44 bits per heavy atom. The Morgan fingerprint density at radius 1 is 0.618 bits per heavy atom. The van der Waals surface area contributed by atoms with Crippen molar-refractivity contribution in [2.45, 2.75) is 112 Å². The highest BCUT2D eigenvalue weighted by atomic mass is 16.5. The maximum Gasteiger partial charge on any atom is 0.303 e. The van der Waals surface area contributed by atoms with Crippen LogP contribution >= 0.6 is 0 Å². The monoisotopic (exact) mass is 464 g/mol. The van der Waals surface area contributed by atoms with Gasteiger partial charge in [0.1, 0.15) is 0 Å². The summed E-state index contributed by atoms with van der Waals surface area (Å²) >= 11 is 0. The van der Waals surface area contributed by atoms with E-state index in [-0.39, 0.29) is 23.5 Å². The summed E-state index contributed by atoms with van der Waals surface area (Å²) in [6, 6.07) is 10.5. The van der Waals surface area contributed by atoms with Crippen LogP contribution in [0.2, 0.25) is 0 Å². The summed E-state index contributed by atoms with van der Waals surface area (Å²) in [6.07, 6.45) is -0.962. The highest BCUT2D eigenvalue weighted by molar-refractivity contribution is 6.02. The molecular weight excluding hydrogens is 420 g/mol. The van der Waals surface area contributed by atoms with Crippen LogP contribution in [0.25, 0.3) is 0 Å². The maximum absolute atomic E-state index is 14.2. The second kappa shape index (κ2) is 11.3. The molecule has 0 radical (unpaired) electrons. The zero-order valence-electron chi connectivity index (χ0n) is 23.1. The van der Waals surface area contributed by atoms with E-state index in [4.69, 9.17) is 4.74 Å². The van der Waals surface area contributed by atoms with Gasteiger partial charge in [0.25, 0.3) is 0 Å². The van der Waals surface area contributed by atoms with Crippen LogP contribution in [-0.4, -0.2) is 11.8 Å². The summed E-state index contributed by atoms with van der Waals surface area (Å²) in [5.74, 6) is 0.691. The highest BCUT2D eigenvalue weighted by Gasteiger charge is 2.33. The molecule has 0 aliphatic rings. The Bertz CT molecular complexity index is 996. The minimum Gasteiger partial charge on any atom is -0.449 e. The van der Waals surface area contributed by atoms with E-state index in [0.717, 1.165) is 22.3 Å². The minimum absolute atomic E-state index is 0.143. The van der Waals surface area contributed by atoms with Gasteiger partial charge >= 0.3 is 5.97 Å². The topological polar surface area (TPSA) is 43.4 Å². The first-order valence-electron chi connectivity index (χ1n) is 12.8. The summed E-state index contributed by atoms with van der Waals surface area (Å²) in [5.41, 5.74) is 7.12. The molecule has 0 fully saturated rings. The number of ether oxygens (including phenoxy) is 1. The van der Waals surface area contributed by atoms with Crippen molar-refractivity contribution in [1.29, 1.82) is 0 Å². The first-order chi connectivity index (χ1) is 15.8. The van der Waals surface area contributed by atoms with Gasteiger partial charge in [0.15, 0.2) is 6.10 Å². The molecule has 1 unspecified atom stereocenters. The molecule has 1 atom stereocenters. The SMILES string of the molecule is CC(=O)OC(C(=O)c1ccc(C(C)C)cc1C(C)C)c1c(C(C)C)cc(C(C)C)cc1C(C)C. The molecule has 34 heavy (non-hydrogen) atoms. The number of hydrogen-bond donors (Lipinski definition) is 0. The lowest BCUT2D eigenvalue weighted by molar-refractivity contribution is -0.144. The third-order valence-electron chi connectivity index (χ3n) is 6.59. The van der Waals surface area contributed by atoms with E-state index in [1.807, 2.05) is 12.1 Å². The van der Waals surface area contributed by atoms with E-state index in [9.17, 15) is 9.59 Å². The smallest absolute Gasteiger partial charge is 0.303 e. The molecular formula is C31H44O3. The number of esters is 1. The van der Waals surface area contributed by atoms with E-state index >= 15 is 0 Å². The Kier molecular flexibility index (Phi) is 9.28. The molecule has 3 heteroatoms. The number of ketones is 1. The van der Waals surface area contributed by atoms with Gasteiger partial charge < -0.3 is 4.74 Å². The van der Waals surface area contributed by atoms with Crippen molar-refractivity contribution >= 4 is 11.8 Å². The van der Waals surface area contributed by atoms with Crippen molar-refractivity contribution in [2.24, 2.45) is 0 Å². The lowest BCUT2D eigenvalue weighted by atomic mass is 9.80. The molecule has 0 aliphatic carbocycles. The van der Waals surface area contributed by atoms with Crippen molar-refractivity contribution in [2.75, 3.05) is 0 Å². The predicted molar refractivity (Wildman–Crippen MR) is 142 cm³/mol. The van der Waals surface area contributed by atoms with Crippen molar-refractivity contribution in [3.8, 4) is 0 Å². The number of rotatable bonds is 9. The first kappa shape index (κ1) is 27.8. The van der Waals surface area contributed by atoms with Gasteiger partial charge in [-0.1, -0.05) is 99.6 Å². The summed E-state index contributed by atoms with van der Waals surface area (Å²) in [4.78, 5) is 26.5. The van der Waals surface area contributed by atoms with Crippen molar-refractivity contribution in [3.63, 3.8) is 0 Å². The Hall–Kier alpha value is -2.42. The van der Waals surface area contributed by atoms with Crippen LogP contribution in [-0.2, 0) is 9.53 Å². The zero-order chi connectivity index (χ0) is 25.9. The molecule has 0 heterocycles. The molecule has 0 N–H and O–H groups in total. The van der Waals surface area contributed by atoms with Crippen molar-refractivity contribution in [1.82, 2.24) is 0 Å². The van der Waals surface area contributed by atoms with Gasteiger partial charge in [0.05, 0.1) is 0 Å². The maximum atomic E-state index is 14.2. The normalized spacial score (nSPS) is 12.8. The molecule has 2 rings (SSSR count). The zero-order valence-corrected chi connectivity index (χ0v) is 23.1. The van der Waals surface area contributed by atoms with Crippen molar-refractivity contribution in [3.05, 3.63) is 69.3 Å². The lowest BCUT2D eigenvalue weighted by Crippen LogP contribution is -2.24. The van der Waals surface area contributed by atoms with Gasteiger partial charge in [-0.3, -0.25) is 9.59 Å². The fourth-order valence-corrected chi connectivity index (χ4v) is 4.51. The van der Waals surface area contributed by atoms with Crippen LogP contribution < -0.4 is 0 Å². The van der Waals surface area contributed by atoms with E-state index in [1.54, 1.807) is 0 Å². The predicted octanol–water partition coefficient (Wildman–Crippen LogP) is 8.79. The third kappa shape index (κ3) is 6.17. The quantitative estimate of drug-likeness (QED) is 0.275. The molecule has 186 valence electrons. The Balaban J connectivity index is 2.84. The number of benzene rings is 2. The first-order valence-corrected chi connectivity index (χ1v) is 12.8.